The third-order valence-corrected chi connectivity index (χ3v) is 5.03. The molecule has 2 heteroatoms. The van der Waals surface area contributed by atoms with Crippen molar-refractivity contribution in [1.29, 1.82) is 0 Å². The molecule has 0 saturated carbocycles. The first-order valence-electron chi connectivity index (χ1n) is 7.11. The lowest BCUT2D eigenvalue weighted by Gasteiger charge is -2.15. The van der Waals surface area contributed by atoms with Crippen LogP contribution >= 0.6 is 11.3 Å². The zero-order valence-electron chi connectivity index (χ0n) is 11.9. The van der Waals surface area contributed by atoms with Gasteiger partial charge in [0.15, 0.2) is 0 Å². The summed E-state index contributed by atoms with van der Waals surface area (Å²) in [5.74, 6) is 0. The van der Waals surface area contributed by atoms with Gasteiger partial charge in [0.25, 0.3) is 0 Å². The SMILES string of the molecule is CCc1ccc(C(C)Nc2cccc3ccccc23)s1. The highest BCUT2D eigenvalue weighted by Gasteiger charge is 2.09. The lowest BCUT2D eigenvalue weighted by molar-refractivity contribution is 0.910. The van der Waals surface area contributed by atoms with E-state index in [-0.39, 0.29) is 0 Å². The van der Waals surface area contributed by atoms with E-state index in [9.17, 15) is 0 Å². The monoisotopic (exact) mass is 281 g/mol. The molecular weight excluding hydrogens is 262 g/mol. The molecule has 102 valence electrons. The van der Waals surface area contributed by atoms with E-state index < -0.39 is 0 Å². The molecule has 1 heterocycles. The number of thiophene rings is 1. The summed E-state index contributed by atoms with van der Waals surface area (Å²) < 4.78 is 0. The molecule has 2 aromatic carbocycles. The van der Waals surface area contributed by atoms with Gasteiger partial charge in [0, 0.05) is 20.8 Å². The van der Waals surface area contributed by atoms with Crippen LogP contribution in [0.1, 0.15) is 29.6 Å². The Hall–Kier alpha value is -1.80. The summed E-state index contributed by atoms with van der Waals surface area (Å²) in [7, 11) is 0. The summed E-state index contributed by atoms with van der Waals surface area (Å²) in [5.41, 5.74) is 1.21. The highest BCUT2D eigenvalue weighted by molar-refractivity contribution is 7.12. The van der Waals surface area contributed by atoms with E-state index in [0.29, 0.717) is 6.04 Å². The number of aryl methyl sites for hydroxylation is 1. The van der Waals surface area contributed by atoms with Crippen LogP contribution < -0.4 is 5.32 Å². The first-order valence-corrected chi connectivity index (χ1v) is 7.92. The molecule has 0 aliphatic carbocycles. The Labute approximate surface area is 124 Å². The smallest absolute Gasteiger partial charge is 0.0578 e. The maximum Gasteiger partial charge on any atom is 0.0578 e. The van der Waals surface area contributed by atoms with Crippen molar-refractivity contribution in [2.45, 2.75) is 26.3 Å². The minimum absolute atomic E-state index is 0.339. The third-order valence-electron chi connectivity index (χ3n) is 3.62. The lowest BCUT2D eigenvalue weighted by Crippen LogP contribution is -2.05. The molecule has 20 heavy (non-hydrogen) atoms. The van der Waals surface area contributed by atoms with Crippen LogP contribution in [-0.4, -0.2) is 0 Å². The molecule has 1 nitrogen and oxygen atoms in total. The van der Waals surface area contributed by atoms with Crippen LogP contribution in [0.2, 0.25) is 0 Å². The Balaban J connectivity index is 1.89. The van der Waals surface area contributed by atoms with Crippen molar-refractivity contribution in [2.75, 3.05) is 5.32 Å². The molecule has 3 aromatic rings. The van der Waals surface area contributed by atoms with Gasteiger partial charge in [0.05, 0.1) is 6.04 Å². The number of anilines is 1. The molecule has 0 aliphatic heterocycles. The summed E-state index contributed by atoms with van der Waals surface area (Å²) in [5, 5.41) is 6.22. The molecule has 3 rings (SSSR count). The Kier molecular flexibility index (Phi) is 3.75. The average molecular weight is 281 g/mol. The number of hydrogen-bond donors (Lipinski definition) is 1. The van der Waals surface area contributed by atoms with Gasteiger partial charge in [-0.15, -0.1) is 11.3 Å². The van der Waals surface area contributed by atoms with Gasteiger partial charge in [-0.1, -0.05) is 43.3 Å². The van der Waals surface area contributed by atoms with Crippen LogP contribution in [0.15, 0.2) is 54.6 Å². The van der Waals surface area contributed by atoms with Gasteiger partial charge in [-0.05, 0) is 36.9 Å². The van der Waals surface area contributed by atoms with Gasteiger partial charge >= 0.3 is 0 Å². The largest absolute Gasteiger partial charge is 0.377 e. The van der Waals surface area contributed by atoms with Crippen molar-refractivity contribution in [3.8, 4) is 0 Å². The minimum atomic E-state index is 0.339. The highest BCUT2D eigenvalue weighted by Crippen LogP contribution is 2.30. The fraction of sp³-hybridized carbons (Fsp3) is 0.222. The summed E-state index contributed by atoms with van der Waals surface area (Å²) >= 11 is 1.90. The van der Waals surface area contributed by atoms with Gasteiger partial charge in [0.2, 0.25) is 0 Å². The molecule has 0 amide bonds. The second-order valence-corrected chi connectivity index (χ2v) is 6.25. The Bertz CT molecular complexity index is 709. The normalized spacial score (nSPS) is 12.5. The molecular formula is C18H19NS. The summed E-state index contributed by atoms with van der Waals surface area (Å²) in [6.45, 7) is 4.44. The van der Waals surface area contributed by atoms with E-state index >= 15 is 0 Å². The number of nitrogens with one attached hydrogen (secondary N) is 1. The first kappa shape index (κ1) is 13.2. The van der Waals surface area contributed by atoms with Crippen LogP contribution in [0.25, 0.3) is 10.8 Å². The highest BCUT2D eigenvalue weighted by atomic mass is 32.1. The van der Waals surface area contributed by atoms with Crippen molar-refractivity contribution in [3.63, 3.8) is 0 Å². The Morgan fingerprint density at radius 3 is 2.60 bits per heavy atom. The number of fused-ring (bicyclic) bond motifs is 1. The van der Waals surface area contributed by atoms with Crippen LogP contribution in [0, 0.1) is 0 Å². The van der Waals surface area contributed by atoms with Gasteiger partial charge < -0.3 is 5.32 Å². The van der Waals surface area contributed by atoms with Gasteiger partial charge in [-0.2, -0.15) is 0 Å². The zero-order valence-corrected chi connectivity index (χ0v) is 12.7. The van der Waals surface area contributed by atoms with E-state index in [4.69, 9.17) is 0 Å². The van der Waals surface area contributed by atoms with E-state index in [1.807, 2.05) is 11.3 Å². The summed E-state index contributed by atoms with van der Waals surface area (Å²) in [4.78, 5) is 2.85. The molecule has 1 unspecified atom stereocenters. The third kappa shape index (κ3) is 2.56. The van der Waals surface area contributed by atoms with E-state index in [1.54, 1.807) is 0 Å². The topological polar surface area (TPSA) is 12.0 Å². The Morgan fingerprint density at radius 1 is 1.00 bits per heavy atom. The first-order chi connectivity index (χ1) is 9.78. The zero-order chi connectivity index (χ0) is 13.9. The lowest BCUT2D eigenvalue weighted by atomic mass is 10.1. The average Bonchev–Trinajstić information content (AvgIpc) is 2.97. The predicted molar refractivity (Wildman–Crippen MR) is 89.7 cm³/mol. The van der Waals surface area contributed by atoms with Gasteiger partial charge in [-0.3, -0.25) is 0 Å². The molecule has 0 spiro atoms. The van der Waals surface area contributed by atoms with Crippen LogP contribution in [-0.2, 0) is 6.42 Å². The molecule has 1 atom stereocenters. The summed E-state index contributed by atoms with van der Waals surface area (Å²) in [6.07, 6.45) is 1.12. The molecule has 0 radical (unpaired) electrons. The molecule has 0 saturated heterocycles. The van der Waals surface area contributed by atoms with Crippen LogP contribution in [0.3, 0.4) is 0 Å². The van der Waals surface area contributed by atoms with Gasteiger partial charge in [-0.25, -0.2) is 0 Å². The van der Waals surface area contributed by atoms with E-state index in [0.717, 1.165) is 6.42 Å². The molecule has 0 bridgehead atoms. The maximum atomic E-state index is 3.65. The van der Waals surface area contributed by atoms with E-state index in [1.165, 1.54) is 26.2 Å². The molecule has 1 N–H and O–H groups in total. The quantitative estimate of drug-likeness (QED) is 0.653. The maximum absolute atomic E-state index is 3.65. The van der Waals surface area contributed by atoms with Crippen molar-refractivity contribution in [2.24, 2.45) is 0 Å². The van der Waals surface area contributed by atoms with Crippen LogP contribution in [0.5, 0.6) is 0 Å². The number of benzene rings is 2. The predicted octanol–water partition coefficient (Wildman–Crippen LogP) is 5.64. The Morgan fingerprint density at radius 2 is 1.80 bits per heavy atom. The van der Waals surface area contributed by atoms with Gasteiger partial charge in [0.1, 0.15) is 0 Å². The van der Waals surface area contributed by atoms with Crippen molar-refractivity contribution in [3.05, 3.63) is 64.4 Å². The minimum Gasteiger partial charge on any atom is -0.377 e. The van der Waals surface area contributed by atoms with Crippen molar-refractivity contribution >= 4 is 27.8 Å². The van der Waals surface area contributed by atoms with Crippen molar-refractivity contribution in [1.82, 2.24) is 0 Å². The molecule has 0 aliphatic rings. The second kappa shape index (κ2) is 5.68. The molecule has 0 fully saturated rings. The number of rotatable bonds is 4. The number of hydrogen-bond acceptors (Lipinski definition) is 2. The standard InChI is InChI=1S/C18H19NS/c1-3-15-11-12-18(20-15)13(2)19-17-10-6-8-14-7-4-5-9-16(14)17/h4-13,19H,3H2,1-2H3. The fourth-order valence-corrected chi connectivity index (χ4v) is 3.43. The summed E-state index contributed by atoms with van der Waals surface area (Å²) in [6, 6.07) is 19.8. The van der Waals surface area contributed by atoms with Crippen LogP contribution in [0.4, 0.5) is 5.69 Å². The fourth-order valence-electron chi connectivity index (χ4n) is 2.47. The second-order valence-electron chi connectivity index (χ2n) is 5.05. The molecule has 1 aromatic heterocycles. The van der Waals surface area contributed by atoms with E-state index in [2.05, 4.69) is 73.8 Å². The van der Waals surface area contributed by atoms with Crippen molar-refractivity contribution < 1.29 is 0 Å².